The highest BCUT2D eigenvalue weighted by molar-refractivity contribution is 5.55. The highest BCUT2D eigenvalue weighted by Crippen LogP contribution is 2.13. The Hall–Kier alpha value is -1.45. The van der Waals surface area contributed by atoms with Gasteiger partial charge in [-0.2, -0.15) is 5.10 Å². The number of aryl methyl sites for hydroxylation is 4. The van der Waals surface area contributed by atoms with Crippen LogP contribution < -0.4 is 0 Å². The largest absolute Gasteiger partial charge is 0.236 e. The second-order valence-corrected chi connectivity index (χ2v) is 3.25. The fourth-order valence-electron chi connectivity index (χ4n) is 1.66. The normalized spacial score (nSPS) is 11.1. The van der Waals surface area contributed by atoms with Crippen LogP contribution in [0.4, 0.5) is 0 Å². The van der Waals surface area contributed by atoms with E-state index in [2.05, 4.69) is 15.1 Å². The monoisotopic (exact) mass is 176 g/mol. The Kier molecular flexibility index (Phi) is 1.58. The van der Waals surface area contributed by atoms with E-state index in [0.717, 1.165) is 28.6 Å². The van der Waals surface area contributed by atoms with Crippen molar-refractivity contribution in [2.45, 2.75) is 27.7 Å². The molecule has 68 valence electrons. The first kappa shape index (κ1) is 8.16. The molecule has 0 N–H and O–H groups in total. The highest BCUT2D eigenvalue weighted by atomic mass is 15.3. The molecule has 0 radical (unpaired) electrons. The molecule has 0 bridgehead atoms. The van der Waals surface area contributed by atoms with Crippen molar-refractivity contribution < 1.29 is 0 Å². The Labute approximate surface area is 76.6 Å². The zero-order valence-corrected chi connectivity index (χ0v) is 8.29. The summed E-state index contributed by atoms with van der Waals surface area (Å²) in [6.07, 6.45) is 0. The van der Waals surface area contributed by atoms with E-state index in [1.165, 1.54) is 0 Å². The van der Waals surface area contributed by atoms with Crippen molar-refractivity contribution in [1.82, 2.24) is 19.6 Å². The summed E-state index contributed by atoms with van der Waals surface area (Å²) in [7, 11) is 0. The molecule has 0 saturated carbocycles. The SMILES string of the molecule is Cc1nc(C)c2c(C)nc(C)n2n1. The summed E-state index contributed by atoms with van der Waals surface area (Å²) in [5.74, 6) is 1.70. The Morgan fingerprint density at radius 1 is 0.923 bits per heavy atom. The molecular formula is C9H12N4. The zero-order valence-electron chi connectivity index (χ0n) is 8.29. The average Bonchev–Trinajstić information content (AvgIpc) is 2.27. The molecule has 13 heavy (non-hydrogen) atoms. The van der Waals surface area contributed by atoms with Crippen LogP contribution in [-0.2, 0) is 0 Å². The van der Waals surface area contributed by atoms with Crippen LogP contribution in [0.25, 0.3) is 5.52 Å². The molecule has 0 saturated heterocycles. The maximum Gasteiger partial charge on any atom is 0.146 e. The van der Waals surface area contributed by atoms with Crippen molar-refractivity contribution in [3.63, 3.8) is 0 Å². The molecule has 0 spiro atoms. The van der Waals surface area contributed by atoms with Gasteiger partial charge in [0.25, 0.3) is 0 Å². The third-order valence-corrected chi connectivity index (χ3v) is 2.11. The van der Waals surface area contributed by atoms with Gasteiger partial charge in [-0.3, -0.25) is 0 Å². The predicted molar refractivity (Wildman–Crippen MR) is 49.7 cm³/mol. The van der Waals surface area contributed by atoms with Crippen LogP contribution in [0.5, 0.6) is 0 Å². The number of nitrogens with zero attached hydrogens (tertiary/aromatic N) is 4. The Morgan fingerprint density at radius 2 is 1.54 bits per heavy atom. The van der Waals surface area contributed by atoms with Crippen molar-refractivity contribution in [1.29, 1.82) is 0 Å². The minimum atomic E-state index is 0.783. The van der Waals surface area contributed by atoms with Crippen molar-refractivity contribution >= 4 is 5.52 Å². The number of fused-ring (bicyclic) bond motifs is 1. The molecular weight excluding hydrogens is 164 g/mol. The quantitative estimate of drug-likeness (QED) is 0.608. The van der Waals surface area contributed by atoms with Gasteiger partial charge in [0.15, 0.2) is 0 Å². The predicted octanol–water partition coefficient (Wildman–Crippen LogP) is 1.36. The van der Waals surface area contributed by atoms with Crippen LogP contribution in [0.2, 0.25) is 0 Å². The van der Waals surface area contributed by atoms with Crippen LogP contribution in [-0.4, -0.2) is 19.6 Å². The molecule has 2 aromatic rings. The zero-order chi connectivity index (χ0) is 9.59. The number of aromatic nitrogens is 4. The van der Waals surface area contributed by atoms with E-state index in [1.807, 2.05) is 32.2 Å². The first-order valence-corrected chi connectivity index (χ1v) is 4.27. The first-order valence-electron chi connectivity index (χ1n) is 4.27. The Balaban J connectivity index is 2.97. The van der Waals surface area contributed by atoms with Gasteiger partial charge in [-0.05, 0) is 27.7 Å². The summed E-state index contributed by atoms with van der Waals surface area (Å²) in [6, 6.07) is 0. The molecule has 4 nitrogen and oxygen atoms in total. The van der Waals surface area contributed by atoms with E-state index in [0.29, 0.717) is 0 Å². The third kappa shape index (κ3) is 1.09. The van der Waals surface area contributed by atoms with Gasteiger partial charge in [0.2, 0.25) is 0 Å². The van der Waals surface area contributed by atoms with Gasteiger partial charge in [0.1, 0.15) is 17.2 Å². The molecule has 2 aromatic heterocycles. The minimum absolute atomic E-state index is 0.783. The van der Waals surface area contributed by atoms with Gasteiger partial charge in [-0.15, -0.1) is 0 Å². The summed E-state index contributed by atoms with van der Waals surface area (Å²) < 4.78 is 1.85. The van der Waals surface area contributed by atoms with Gasteiger partial charge in [0, 0.05) is 0 Å². The molecule has 0 aromatic carbocycles. The van der Waals surface area contributed by atoms with Crippen molar-refractivity contribution in [3.8, 4) is 0 Å². The number of imidazole rings is 1. The topological polar surface area (TPSA) is 43.1 Å². The lowest BCUT2D eigenvalue weighted by Gasteiger charge is -2.00. The molecule has 0 aliphatic rings. The molecule has 0 atom stereocenters. The minimum Gasteiger partial charge on any atom is -0.236 e. The van der Waals surface area contributed by atoms with E-state index >= 15 is 0 Å². The van der Waals surface area contributed by atoms with Gasteiger partial charge in [-0.25, -0.2) is 14.5 Å². The number of hydrogen-bond acceptors (Lipinski definition) is 3. The van der Waals surface area contributed by atoms with E-state index in [1.54, 1.807) is 0 Å². The van der Waals surface area contributed by atoms with Crippen molar-refractivity contribution in [2.24, 2.45) is 0 Å². The maximum atomic E-state index is 4.35. The number of rotatable bonds is 0. The van der Waals surface area contributed by atoms with E-state index < -0.39 is 0 Å². The lowest BCUT2D eigenvalue weighted by atomic mass is 10.3. The molecule has 4 heteroatoms. The Bertz CT molecular complexity index is 470. The van der Waals surface area contributed by atoms with Gasteiger partial charge in [0.05, 0.1) is 11.4 Å². The van der Waals surface area contributed by atoms with E-state index in [9.17, 15) is 0 Å². The van der Waals surface area contributed by atoms with Crippen LogP contribution in [0.3, 0.4) is 0 Å². The molecule has 0 amide bonds. The summed E-state index contributed by atoms with van der Waals surface area (Å²) in [4.78, 5) is 8.66. The average molecular weight is 176 g/mol. The van der Waals surface area contributed by atoms with Crippen molar-refractivity contribution in [3.05, 3.63) is 23.0 Å². The van der Waals surface area contributed by atoms with Gasteiger partial charge in [-0.1, -0.05) is 0 Å². The molecule has 0 aliphatic carbocycles. The van der Waals surface area contributed by atoms with E-state index in [4.69, 9.17) is 0 Å². The summed E-state index contributed by atoms with van der Waals surface area (Å²) in [5, 5.41) is 4.30. The summed E-state index contributed by atoms with van der Waals surface area (Å²) in [6.45, 7) is 7.80. The second kappa shape index (κ2) is 2.52. The van der Waals surface area contributed by atoms with Gasteiger partial charge >= 0.3 is 0 Å². The molecule has 0 unspecified atom stereocenters. The van der Waals surface area contributed by atoms with E-state index in [-0.39, 0.29) is 0 Å². The molecule has 0 aliphatic heterocycles. The lowest BCUT2D eigenvalue weighted by Crippen LogP contribution is -2.01. The molecule has 2 heterocycles. The van der Waals surface area contributed by atoms with Crippen LogP contribution in [0.1, 0.15) is 23.0 Å². The van der Waals surface area contributed by atoms with Crippen molar-refractivity contribution in [2.75, 3.05) is 0 Å². The van der Waals surface area contributed by atoms with Gasteiger partial charge < -0.3 is 0 Å². The molecule has 2 rings (SSSR count). The van der Waals surface area contributed by atoms with Crippen LogP contribution in [0, 0.1) is 27.7 Å². The highest BCUT2D eigenvalue weighted by Gasteiger charge is 2.09. The summed E-state index contributed by atoms with van der Waals surface area (Å²) in [5.41, 5.74) is 3.02. The summed E-state index contributed by atoms with van der Waals surface area (Å²) >= 11 is 0. The van der Waals surface area contributed by atoms with Crippen LogP contribution in [0.15, 0.2) is 0 Å². The fourth-order valence-corrected chi connectivity index (χ4v) is 1.66. The standard InChI is InChI=1S/C9H12N4/c1-5-9-6(2)11-8(4)13(9)12-7(3)10-5/h1-4H3. The maximum absolute atomic E-state index is 4.35. The second-order valence-electron chi connectivity index (χ2n) is 3.25. The molecule has 0 fully saturated rings. The smallest absolute Gasteiger partial charge is 0.146 e. The fraction of sp³-hybridized carbons (Fsp3) is 0.444. The first-order chi connectivity index (χ1) is 6.09. The van der Waals surface area contributed by atoms with Crippen LogP contribution >= 0.6 is 0 Å². The third-order valence-electron chi connectivity index (χ3n) is 2.11. The lowest BCUT2D eigenvalue weighted by molar-refractivity contribution is 0.807. The Morgan fingerprint density at radius 3 is 2.23 bits per heavy atom. The number of hydrogen-bond donors (Lipinski definition) is 0.